The minimum Gasteiger partial charge on any atom is -0.369 e. The molecule has 0 atom stereocenters. The lowest BCUT2D eigenvalue weighted by molar-refractivity contribution is 0.612. The molecule has 1 aromatic heterocycles. The molecule has 0 spiro atoms. The van der Waals surface area contributed by atoms with Gasteiger partial charge in [-0.05, 0) is 71.7 Å². The molecule has 0 saturated carbocycles. The summed E-state index contributed by atoms with van der Waals surface area (Å²) in [6.45, 7) is 4.85. The number of rotatable bonds is 2. The van der Waals surface area contributed by atoms with E-state index in [2.05, 4.69) is 137 Å². The van der Waals surface area contributed by atoms with Gasteiger partial charge in [0, 0.05) is 33.9 Å². The van der Waals surface area contributed by atoms with E-state index in [1.165, 1.54) is 45.2 Å². The Hall–Kier alpha value is -3.92. The van der Waals surface area contributed by atoms with Gasteiger partial charge in [-0.25, -0.2) is 0 Å². The first-order valence-corrected chi connectivity index (χ1v) is 11.6. The van der Waals surface area contributed by atoms with Crippen LogP contribution in [0.4, 0.5) is 28.6 Å². The predicted molar refractivity (Wildman–Crippen MR) is 138 cm³/mol. The van der Waals surface area contributed by atoms with Gasteiger partial charge in [-0.2, -0.15) is 0 Å². The largest absolute Gasteiger partial charge is 0.369 e. The van der Waals surface area contributed by atoms with E-state index in [1.54, 1.807) is 0 Å². The lowest BCUT2D eigenvalue weighted by Gasteiger charge is -2.45. The molecule has 0 unspecified atom stereocenters. The van der Waals surface area contributed by atoms with E-state index in [1.807, 2.05) is 0 Å². The number of benzene rings is 3. The van der Waals surface area contributed by atoms with Crippen LogP contribution in [0.3, 0.4) is 0 Å². The predicted octanol–water partition coefficient (Wildman–Crippen LogP) is 6.56. The maximum Gasteiger partial charge on any atom is 0.331 e. The van der Waals surface area contributed by atoms with Crippen molar-refractivity contribution in [1.29, 1.82) is 0 Å². The van der Waals surface area contributed by atoms with Crippen LogP contribution < -0.4 is 15.3 Å². The molecule has 0 N–H and O–H groups in total. The third kappa shape index (κ3) is 2.46. The summed E-state index contributed by atoms with van der Waals surface area (Å²) >= 11 is 0. The Morgan fingerprint density at radius 2 is 1.30 bits per heavy atom. The lowest BCUT2D eigenvalue weighted by atomic mass is 9.42. The first kappa shape index (κ1) is 18.6. The minimum absolute atomic E-state index is 0.0334. The fourth-order valence-corrected chi connectivity index (χ4v) is 5.87. The van der Waals surface area contributed by atoms with Crippen molar-refractivity contribution in [3.63, 3.8) is 0 Å². The summed E-state index contributed by atoms with van der Waals surface area (Å²) in [5.41, 5.74) is 8.97. The zero-order valence-corrected chi connectivity index (χ0v) is 18.8. The maximum absolute atomic E-state index is 2.46. The summed E-state index contributed by atoms with van der Waals surface area (Å²) in [6.07, 6.45) is 6.93. The van der Waals surface area contributed by atoms with Gasteiger partial charge in [0.25, 0.3) is 0 Å². The maximum atomic E-state index is 2.46. The van der Waals surface area contributed by atoms with E-state index in [0.717, 1.165) is 0 Å². The van der Waals surface area contributed by atoms with Gasteiger partial charge in [-0.3, -0.25) is 4.90 Å². The van der Waals surface area contributed by atoms with Crippen LogP contribution in [0.5, 0.6) is 0 Å². The van der Waals surface area contributed by atoms with E-state index in [9.17, 15) is 0 Å². The third-order valence-corrected chi connectivity index (χ3v) is 7.25. The van der Waals surface area contributed by atoms with Gasteiger partial charge in [0.2, 0.25) is 0 Å². The summed E-state index contributed by atoms with van der Waals surface area (Å²) in [5, 5.41) is 0. The first-order valence-electron chi connectivity index (χ1n) is 11.6. The van der Waals surface area contributed by atoms with Gasteiger partial charge in [-0.1, -0.05) is 62.4 Å². The van der Waals surface area contributed by atoms with Gasteiger partial charge in [-0.15, -0.1) is 0 Å². The number of hydrogen-bond acceptors (Lipinski definition) is 2. The van der Waals surface area contributed by atoms with Crippen molar-refractivity contribution in [2.45, 2.75) is 13.8 Å². The number of hydrogen-bond donors (Lipinski definition) is 0. The summed E-state index contributed by atoms with van der Waals surface area (Å²) in [4.78, 5) is 4.85. The number of para-hydroxylation sites is 2. The Balaban J connectivity index is 1.57. The molecule has 3 aromatic carbocycles. The van der Waals surface area contributed by atoms with Gasteiger partial charge in [0.15, 0.2) is 0 Å². The topological polar surface area (TPSA) is 11.4 Å². The number of aromatic nitrogens is 1. The van der Waals surface area contributed by atoms with Crippen LogP contribution in [0, 0.1) is 5.41 Å². The Kier molecular flexibility index (Phi) is 3.70. The molecule has 158 valence electrons. The summed E-state index contributed by atoms with van der Waals surface area (Å²) in [7, 11) is 0. The molecule has 0 radical (unpaired) electrons. The molecule has 2 aliphatic heterocycles. The van der Waals surface area contributed by atoms with Crippen LogP contribution in [0.1, 0.15) is 13.8 Å². The summed E-state index contributed by atoms with van der Waals surface area (Å²) < 4.78 is 2.46. The van der Waals surface area contributed by atoms with E-state index in [4.69, 9.17) is 0 Å². The Labute approximate surface area is 195 Å². The average Bonchev–Trinajstić information content (AvgIpc) is 3.45. The van der Waals surface area contributed by atoms with Crippen molar-refractivity contribution in [2.24, 2.45) is 5.41 Å². The number of nitrogens with zero attached hydrogens (tertiary/aromatic N) is 3. The summed E-state index contributed by atoms with van der Waals surface area (Å²) in [6, 6.07) is 32.6. The quantitative estimate of drug-likeness (QED) is 0.337. The molecule has 3 aliphatic rings. The highest BCUT2D eigenvalue weighted by molar-refractivity contribution is 6.83. The molecule has 0 saturated heterocycles. The third-order valence-electron chi connectivity index (χ3n) is 7.25. The van der Waals surface area contributed by atoms with Crippen LogP contribution in [-0.4, -0.2) is 11.3 Å². The van der Waals surface area contributed by atoms with Crippen LogP contribution in [-0.2, 0) is 0 Å². The Morgan fingerprint density at radius 3 is 2.00 bits per heavy atom. The van der Waals surface area contributed by atoms with Gasteiger partial charge >= 0.3 is 6.85 Å². The molecule has 3 nitrogen and oxygen atoms in total. The second-order valence-corrected chi connectivity index (χ2v) is 9.58. The normalized spacial score (nSPS) is 17.2. The highest BCUT2D eigenvalue weighted by atomic mass is 15.3. The smallest absolute Gasteiger partial charge is 0.331 e. The molecule has 0 amide bonds. The van der Waals surface area contributed by atoms with Gasteiger partial charge in [0.05, 0.1) is 0 Å². The lowest BCUT2D eigenvalue weighted by Crippen LogP contribution is -2.54. The van der Waals surface area contributed by atoms with Crippen molar-refractivity contribution in [3.8, 4) is 0 Å². The molecule has 4 aromatic rings. The van der Waals surface area contributed by atoms with E-state index in [-0.39, 0.29) is 12.3 Å². The minimum atomic E-state index is -0.0334. The van der Waals surface area contributed by atoms with Crippen LogP contribution in [0.25, 0.3) is 0 Å². The zero-order valence-electron chi connectivity index (χ0n) is 18.8. The monoisotopic (exact) mass is 425 g/mol. The van der Waals surface area contributed by atoms with Crippen molar-refractivity contribution >= 4 is 40.9 Å². The molecular weight excluding hydrogens is 401 g/mol. The zero-order chi connectivity index (χ0) is 22.2. The van der Waals surface area contributed by atoms with Crippen LogP contribution in [0.2, 0.25) is 0 Å². The van der Waals surface area contributed by atoms with Crippen molar-refractivity contribution in [3.05, 3.63) is 121 Å². The van der Waals surface area contributed by atoms with Gasteiger partial charge < -0.3 is 9.38 Å². The molecular formula is C29H24BN3. The number of anilines is 5. The molecule has 7 rings (SSSR count). The number of allylic oxidation sites excluding steroid dienone is 3. The average molecular weight is 425 g/mol. The molecule has 0 fully saturated rings. The van der Waals surface area contributed by atoms with E-state index < -0.39 is 0 Å². The van der Waals surface area contributed by atoms with Crippen LogP contribution >= 0.6 is 0 Å². The number of fused-ring (bicyclic) bond motifs is 3. The SMILES string of the molecule is CC1(C)C=CC2=C1B1c3c(cccc3N(c3ccccc3)c3cccn31)N2c1ccccc1. The standard InChI is InChI=1S/C29H24BN3/c1-29(2)19-18-25-28(29)30-27-23(32(25)21-11-5-3-6-12-21)15-9-16-24(27)33(22-13-7-4-8-14-22)26-17-10-20-31(26)30/h3-20H,1-2H3. The molecule has 0 bridgehead atoms. The van der Waals surface area contributed by atoms with Gasteiger partial charge in [0.1, 0.15) is 5.82 Å². The highest BCUT2D eigenvalue weighted by Gasteiger charge is 2.49. The molecule has 33 heavy (non-hydrogen) atoms. The Bertz CT molecular complexity index is 1450. The summed E-state index contributed by atoms with van der Waals surface area (Å²) in [5.74, 6) is 1.21. The fraction of sp³-hybridized carbons (Fsp3) is 0.103. The molecule has 3 heterocycles. The highest BCUT2D eigenvalue weighted by Crippen LogP contribution is 2.51. The second kappa shape index (κ2) is 6.55. The van der Waals surface area contributed by atoms with E-state index >= 15 is 0 Å². The molecule has 1 aliphatic carbocycles. The van der Waals surface area contributed by atoms with Crippen molar-refractivity contribution in [2.75, 3.05) is 9.80 Å². The molecule has 4 heteroatoms. The second-order valence-electron chi connectivity index (χ2n) is 9.58. The van der Waals surface area contributed by atoms with Crippen LogP contribution in [0.15, 0.2) is 121 Å². The fourth-order valence-electron chi connectivity index (χ4n) is 5.87. The first-order chi connectivity index (χ1) is 16.1. The Morgan fingerprint density at radius 1 is 0.667 bits per heavy atom. The van der Waals surface area contributed by atoms with Crippen molar-refractivity contribution < 1.29 is 0 Å². The van der Waals surface area contributed by atoms with E-state index in [0.29, 0.717) is 0 Å². The van der Waals surface area contributed by atoms with Crippen molar-refractivity contribution in [1.82, 2.24) is 4.48 Å².